The Morgan fingerprint density at radius 1 is 1.44 bits per heavy atom. The van der Waals surface area contributed by atoms with Gasteiger partial charge in [-0.1, -0.05) is 18.5 Å². The maximum atomic E-state index is 5.84. The lowest BCUT2D eigenvalue weighted by atomic mass is 9.99. The predicted octanol–water partition coefficient (Wildman–Crippen LogP) is 2.46. The number of nitrogen functional groups attached to an aromatic ring is 1. The molecule has 0 aromatic carbocycles. The van der Waals surface area contributed by atoms with Gasteiger partial charge in [0.2, 0.25) is 0 Å². The van der Waals surface area contributed by atoms with E-state index in [0.717, 1.165) is 19.0 Å². The Labute approximate surface area is 114 Å². The highest BCUT2D eigenvalue weighted by Crippen LogP contribution is 2.18. The fourth-order valence-electron chi connectivity index (χ4n) is 2.21. The van der Waals surface area contributed by atoms with Crippen LogP contribution in [0.4, 0.5) is 11.5 Å². The molecule has 4 nitrogen and oxygen atoms in total. The van der Waals surface area contributed by atoms with Gasteiger partial charge >= 0.3 is 0 Å². The molecule has 1 aliphatic heterocycles. The molecule has 0 radical (unpaired) electrons. The van der Waals surface area contributed by atoms with E-state index in [9.17, 15) is 0 Å². The predicted molar refractivity (Wildman–Crippen MR) is 77.0 cm³/mol. The molecule has 2 heterocycles. The zero-order valence-corrected chi connectivity index (χ0v) is 11.6. The Balaban J connectivity index is 1.76. The average molecular weight is 269 g/mol. The van der Waals surface area contributed by atoms with Crippen LogP contribution in [0, 0.1) is 5.92 Å². The minimum atomic E-state index is 0.471. The standard InChI is InChI=1S/C13H21ClN4/c1-10-4-7-18(8-5-10)9-6-16-13-11(15)2-3-12(14)17-13/h2-3,10H,4-9,15H2,1H3,(H,16,17). The van der Waals surface area contributed by atoms with Gasteiger partial charge in [-0.3, -0.25) is 0 Å². The van der Waals surface area contributed by atoms with Gasteiger partial charge in [0.15, 0.2) is 5.82 Å². The molecular formula is C13H21ClN4. The van der Waals surface area contributed by atoms with Crippen LogP contribution >= 0.6 is 11.6 Å². The molecule has 5 heteroatoms. The molecule has 1 aromatic rings. The van der Waals surface area contributed by atoms with Gasteiger partial charge in [-0.15, -0.1) is 0 Å². The molecule has 100 valence electrons. The lowest BCUT2D eigenvalue weighted by Crippen LogP contribution is -2.36. The number of aromatic nitrogens is 1. The zero-order valence-electron chi connectivity index (χ0n) is 10.8. The van der Waals surface area contributed by atoms with E-state index in [2.05, 4.69) is 22.1 Å². The summed E-state index contributed by atoms with van der Waals surface area (Å²) >= 11 is 5.84. The third kappa shape index (κ3) is 3.75. The first kappa shape index (κ1) is 13.4. The van der Waals surface area contributed by atoms with Gasteiger partial charge < -0.3 is 16.0 Å². The maximum Gasteiger partial charge on any atom is 0.151 e. The van der Waals surface area contributed by atoms with Crippen molar-refractivity contribution in [3.63, 3.8) is 0 Å². The zero-order chi connectivity index (χ0) is 13.0. The van der Waals surface area contributed by atoms with Crippen molar-refractivity contribution in [2.24, 2.45) is 5.92 Å². The maximum absolute atomic E-state index is 5.84. The highest BCUT2D eigenvalue weighted by molar-refractivity contribution is 6.29. The Hall–Kier alpha value is -1.00. The summed E-state index contributed by atoms with van der Waals surface area (Å²) in [5, 5.41) is 3.72. The highest BCUT2D eigenvalue weighted by atomic mass is 35.5. The summed E-state index contributed by atoms with van der Waals surface area (Å²) in [6.07, 6.45) is 2.61. The Bertz CT molecular complexity index is 389. The summed E-state index contributed by atoms with van der Waals surface area (Å²) in [4.78, 5) is 6.66. The van der Waals surface area contributed by atoms with E-state index >= 15 is 0 Å². The molecule has 0 aliphatic carbocycles. The van der Waals surface area contributed by atoms with E-state index in [1.807, 2.05) is 0 Å². The summed E-state index contributed by atoms with van der Waals surface area (Å²) < 4.78 is 0. The molecule has 0 bridgehead atoms. The van der Waals surface area contributed by atoms with Gasteiger partial charge in [0.25, 0.3) is 0 Å². The van der Waals surface area contributed by atoms with Crippen molar-refractivity contribution in [2.75, 3.05) is 37.2 Å². The summed E-state index contributed by atoms with van der Waals surface area (Å²) in [6.45, 7) is 6.60. The number of nitrogens with zero attached hydrogens (tertiary/aromatic N) is 2. The van der Waals surface area contributed by atoms with Crippen molar-refractivity contribution in [3.05, 3.63) is 17.3 Å². The fourth-order valence-corrected chi connectivity index (χ4v) is 2.35. The average Bonchev–Trinajstić information content (AvgIpc) is 2.36. The number of rotatable bonds is 4. The fraction of sp³-hybridized carbons (Fsp3) is 0.615. The molecule has 0 spiro atoms. The van der Waals surface area contributed by atoms with Gasteiger partial charge in [0.05, 0.1) is 5.69 Å². The number of likely N-dealkylation sites (tertiary alicyclic amines) is 1. The van der Waals surface area contributed by atoms with E-state index in [-0.39, 0.29) is 0 Å². The quantitative estimate of drug-likeness (QED) is 0.824. The normalized spacial score (nSPS) is 17.9. The minimum absolute atomic E-state index is 0.471. The molecule has 1 saturated heterocycles. The third-order valence-corrected chi connectivity index (χ3v) is 3.70. The van der Waals surface area contributed by atoms with E-state index < -0.39 is 0 Å². The summed E-state index contributed by atoms with van der Waals surface area (Å²) in [7, 11) is 0. The van der Waals surface area contributed by atoms with Crippen molar-refractivity contribution in [3.8, 4) is 0 Å². The first-order valence-electron chi connectivity index (χ1n) is 6.53. The molecule has 1 aliphatic rings. The number of pyridine rings is 1. The Morgan fingerprint density at radius 2 is 2.17 bits per heavy atom. The smallest absolute Gasteiger partial charge is 0.151 e. The lowest BCUT2D eigenvalue weighted by Gasteiger charge is -2.30. The first-order valence-corrected chi connectivity index (χ1v) is 6.91. The van der Waals surface area contributed by atoms with Gasteiger partial charge in [-0.25, -0.2) is 4.98 Å². The number of hydrogen-bond acceptors (Lipinski definition) is 4. The van der Waals surface area contributed by atoms with Crippen molar-refractivity contribution in [1.82, 2.24) is 9.88 Å². The number of nitrogens with one attached hydrogen (secondary N) is 1. The SMILES string of the molecule is CC1CCN(CCNc2nc(Cl)ccc2N)CC1. The van der Waals surface area contributed by atoms with Crippen LogP contribution in [0.15, 0.2) is 12.1 Å². The largest absolute Gasteiger partial charge is 0.396 e. The van der Waals surface area contributed by atoms with Crippen LogP contribution < -0.4 is 11.1 Å². The molecule has 3 N–H and O–H groups in total. The number of nitrogens with two attached hydrogens (primary N) is 1. The molecule has 18 heavy (non-hydrogen) atoms. The van der Waals surface area contributed by atoms with Crippen LogP contribution in [-0.4, -0.2) is 36.1 Å². The van der Waals surface area contributed by atoms with E-state index in [0.29, 0.717) is 16.7 Å². The molecule has 0 saturated carbocycles. The van der Waals surface area contributed by atoms with Gasteiger partial charge in [-0.05, 0) is 44.0 Å². The van der Waals surface area contributed by atoms with Crippen molar-refractivity contribution < 1.29 is 0 Å². The van der Waals surface area contributed by atoms with Gasteiger partial charge in [0, 0.05) is 13.1 Å². The summed E-state index contributed by atoms with van der Waals surface area (Å²) in [5.41, 5.74) is 6.47. The highest BCUT2D eigenvalue weighted by Gasteiger charge is 2.14. The molecule has 1 aromatic heterocycles. The van der Waals surface area contributed by atoms with Gasteiger partial charge in [-0.2, -0.15) is 0 Å². The van der Waals surface area contributed by atoms with E-state index in [4.69, 9.17) is 17.3 Å². The molecule has 2 rings (SSSR count). The lowest BCUT2D eigenvalue weighted by molar-refractivity contribution is 0.199. The van der Waals surface area contributed by atoms with Crippen molar-refractivity contribution in [2.45, 2.75) is 19.8 Å². The second kappa shape index (κ2) is 6.25. The van der Waals surface area contributed by atoms with Crippen molar-refractivity contribution in [1.29, 1.82) is 0 Å². The van der Waals surface area contributed by atoms with Crippen LogP contribution in [0.3, 0.4) is 0 Å². The number of hydrogen-bond donors (Lipinski definition) is 2. The summed E-state index contributed by atoms with van der Waals surface area (Å²) in [5.74, 6) is 1.56. The van der Waals surface area contributed by atoms with Crippen LogP contribution in [0.2, 0.25) is 5.15 Å². The Morgan fingerprint density at radius 3 is 2.89 bits per heavy atom. The van der Waals surface area contributed by atoms with Crippen LogP contribution in [0.5, 0.6) is 0 Å². The molecule has 1 fully saturated rings. The first-order chi connectivity index (χ1) is 8.65. The van der Waals surface area contributed by atoms with E-state index in [1.165, 1.54) is 25.9 Å². The molecule has 0 unspecified atom stereocenters. The third-order valence-electron chi connectivity index (χ3n) is 3.49. The second-order valence-electron chi connectivity index (χ2n) is 5.02. The monoisotopic (exact) mass is 268 g/mol. The number of piperidine rings is 1. The van der Waals surface area contributed by atoms with Crippen molar-refractivity contribution >= 4 is 23.1 Å². The number of anilines is 2. The molecular weight excluding hydrogens is 248 g/mol. The van der Waals surface area contributed by atoms with Crippen LogP contribution in [0.25, 0.3) is 0 Å². The van der Waals surface area contributed by atoms with Crippen LogP contribution in [0.1, 0.15) is 19.8 Å². The molecule has 0 atom stereocenters. The van der Waals surface area contributed by atoms with E-state index in [1.54, 1.807) is 12.1 Å². The Kier molecular flexibility index (Phi) is 4.66. The number of halogens is 1. The molecule has 0 amide bonds. The van der Waals surface area contributed by atoms with Gasteiger partial charge in [0.1, 0.15) is 5.15 Å². The topological polar surface area (TPSA) is 54.2 Å². The second-order valence-corrected chi connectivity index (χ2v) is 5.41. The minimum Gasteiger partial charge on any atom is -0.396 e. The summed E-state index contributed by atoms with van der Waals surface area (Å²) in [6, 6.07) is 3.48. The van der Waals surface area contributed by atoms with Crippen LogP contribution in [-0.2, 0) is 0 Å².